The van der Waals surface area contributed by atoms with E-state index in [1.54, 1.807) is 24.3 Å². The SMILES string of the molecule is O=C(c1ccco1)N1CCCCCC1c1cc(-c2ccc(F)cc2)on1. The van der Waals surface area contributed by atoms with Crippen LogP contribution in [-0.4, -0.2) is 22.5 Å². The molecule has 134 valence electrons. The zero-order chi connectivity index (χ0) is 17.9. The van der Waals surface area contributed by atoms with Gasteiger partial charge >= 0.3 is 0 Å². The van der Waals surface area contributed by atoms with Crippen molar-refractivity contribution in [1.82, 2.24) is 10.1 Å². The lowest BCUT2D eigenvalue weighted by atomic mass is 10.0. The van der Waals surface area contributed by atoms with Crippen LogP contribution in [-0.2, 0) is 0 Å². The Kier molecular flexibility index (Phi) is 4.56. The summed E-state index contributed by atoms with van der Waals surface area (Å²) in [6, 6.07) is 11.1. The number of aromatic nitrogens is 1. The lowest BCUT2D eigenvalue weighted by molar-refractivity contribution is 0.0641. The van der Waals surface area contributed by atoms with E-state index in [1.165, 1.54) is 18.4 Å². The van der Waals surface area contributed by atoms with E-state index in [1.807, 2.05) is 11.0 Å². The van der Waals surface area contributed by atoms with Crippen molar-refractivity contribution in [3.8, 4) is 11.3 Å². The van der Waals surface area contributed by atoms with Gasteiger partial charge in [-0.2, -0.15) is 0 Å². The molecule has 1 unspecified atom stereocenters. The number of hydrogen-bond acceptors (Lipinski definition) is 4. The first-order chi connectivity index (χ1) is 12.7. The molecule has 0 aliphatic carbocycles. The minimum Gasteiger partial charge on any atom is -0.459 e. The van der Waals surface area contributed by atoms with Crippen molar-refractivity contribution in [3.63, 3.8) is 0 Å². The zero-order valence-corrected chi connectivity index (χ0v) is 14.2. The fraction of sp³-hybridized carbons (Fsp3) is 0.300. The summed E-state index contributed by atoms with van der Waals surface area (Å²) in [6.07, 6.45) is 5.36. The molecular weight excluding hydrogens is 335 g/mol. The fourth-order valence-corrected chi connectivity index (χ4v) is 3.40. The lowest BCUT2D eigenvalue weighted by Gasteiger charge is -2.27. The molecule has 4 rings (SSSR count). The van der Waals surface area contributed by atoms with E-state index in [0.29, 0.717) is 23.8 Å². The Morgan fingerprint density at radius 2 is 2.00 bits per heavy atom. The molecule has 6 heteroatoms. The normalized spacial score (nSPS) is 17.9. The maximum Gasteiger partial charge on any atom is 0.290 e. The minimum absolute atomic E-state index is 0.131. The maximum atomic E-state index is 13.1. The van der Waals surface area contributed by atoms with E-state index in [-0.39, 0.29) is 17.8 Å². The molecule has 3 aromatic rings. The monoisotopic (exact) mass is 354 g/mol. The van der Waals surface area contributed by atoms with Gasteiger partial charge in [-0.25, -0.2) is 4.39 Å². The molecule has 0 N–H and O–H groups in total. The molecule has 2 aromatic heterocycles. The number of rotatable bonds is 3. The summed E-state index contributed by atoms with van der Waals surface area (Å²) in [5, 5.41) is 4.20. The highest BCUT2D eigenvalue weighted by Crippen LogP contribution is 2.33. The van der Waals surface area contributed by atoms with Crippen molar-refractivity contribution >= 4 is 5.91 Å². The Labute approximate surface area is 150 Å². The highest BCUT2D eigenvalue weighted by atomic mass is 19.1. The van der Waals surface area contributed by atoms with Crippen LogP contribution in [0.1, 0.15) is 48.0 Å². The summed E-state index contributed by atoms with van der Waals surface area (Å²) in [7, 11) is 0. The maximum absolute atomic E-state index is 13.1. The molecule has 1 atom stereocenters. The minimum atomic E-state index is -0.299. The average molecular weight is 354 g/mol. The van der Waals surface area contributed by atoms with E-state index in [2.05, 4.69) is 5.16 Å². The molecule has 1 aliphatic heterocycles. The Balaban J connectivity index is 1.63. The smallest absolute Gasteiger partial charge is 0.290 e. The van der Waals surface area contributed by atoms with Crippen molar-refractivity contribution in [2.75, 3.05) is 6.54 Å². The van der Waals surface area contributed by atoms with Gasteiger partial charge in [-0.15, -0.1) is 0 Å². The van der Waals surface area contributed by atoms with Gasteiger partial charge in [-0.1, -0.05) is 18.0 Å². The second-order valence-corrected chi connectivity index (χ2v) is 6.46. The van der Waals surface area contributed by atoms with E-state index in [0.717, 1.165) is 31.2 Å². The van der Waals surface area contributed by atoms with Gasteiger partial charge in [0.1, 0.15) is 11.5 Å². The van der Waals surface area contributed by atoms with E-state index >= 15 is 0 Å². The Morgan fingerprint density at radius 1 is 1.15 bits per heavy atom. The van der Waals surface area contributed by atoms with Crippen LogP contribution >= 0.6 is 0 Å². The van der Waals surface area contributed by atoms with E-state index < -0.39 is 0 Å². The van der Waals surface area contributed by atoms with Crippen molar-refractivity contribution < 1.29 is 18.1 Å². The molecule has 1 amide bonds. The van der Waals surface area contributed by atoms with Gasteiger partial charge < -0.3 is 13.8 Å². The van der Waals surface area contributed by atoms with E-state index in [4.69, 9.17) is 8.94 Å². The Morgan fingerprint density at radius 3 is 2.77 bits per heavy atom. The third kappa shape index (κ3) is 3.27. The molecule has 26 heavy (non-hydrogen) atoms. The van der Waals surface area contributed by atoms with Crippen LogP contribution in [0.2, 0.25) is 0 Å². The van der Waals surface area contributed by atoms with Crippen molar-refractivity contribution in [1.29, 1.82) is 0 Å². The quantitative estimate of drug-likeness (QED) is 0.676. The number of hydrogen-bond donors (Lipinski definition) is 0. The second-order valence-electron chi connectivity index (χ2n) is 6.46. The van der Waals surface area contributed by atoms with Crippen molar-refractivity contribution in [3.05, 3.63) is 66.0 Å². The molecule has 1 saturated heterocycles. The molecule has 1 fully saturated rings. The Hall–Kier alpha value is -2.89. The largest absolute Gasteiger partial charge is 0.459 e. The third-order valence-corrected chi connectivity index (χ3v) is 4.74. The molecule has 1 aromatic carbocycles. The van der Waals surface area contributed by atoms with Crippen LogP contribution < -0.4 is 0 Å². The molecule has 0 saturated carbocycles. The van der Waals surface area contributed by atoms with Crippen LogP contribution in [0.4, 0.5) is 4.39 Å². The van der Waals surface area contributed by atoms with Gasteiger partial charge in [-0.05, 0) is 49.2 Å². The van der Waals surface area contributed by atoms with Crippen LogP contribution in [0.25, 0.3) is 11.3 Å². The predicted octanol–water partition coefficient (Wildman–Crippen LogP) is 4.83. The highest BCUT2D eigenvalue weighted by Gasteiger charge is 2.31. The van der Waals surface area contributed by atoms with Crippen LogP contribution in [0, 0.1) is 5.82 Å². The van der Waals surface area contributed by atoms with Crippen LogP contribution in [0.15, 0.2) is 57.7 Å². The summed E-state index contributed by atoms with van der Waals surface area (Å²) in [5.41, 5.74) is 1.47. The van der Waals surface area contributed by atoms with Gasteiger partial charge in [0.15, 0.2) is 11.5 Å². The Bertz CT molecular complexity index is 871. The topological polar surface area (TPSA) is 59.5 Å². The molecular formula is C20H19FN2O3. The third-order valence-electron chi connectivity index (χ3n) is 4.74. The van der Waals surface area contributed by atoms with Crippen LogP contribution in [0.5, 0.6) is 0 Å². The number of furan rings is 1. The number of benzene rings is 1. The van der Waals surface area contributed by atoms with Crippen molar-refractivity contribution in [2.24, 2.45) is 0 Å². The first kappa shape index (κ1) is 16.6. The zero-order valence-electron chi connectivity index (χ0n) is 14.2. The highest BCUT2D eigenvalue weighted by molar-refractivity contribution is 5.91. The summed E-state index contributed by atoms with van der Waals surface area (Å²) >= 11 is 0. The molecule has 0 spiro atoms. The van der Waals surface area contributed by atoms with E-state index in [9.17, 15) is 9.18 Å². The second kappa shape index (κ2) is 7.15. The number of amides is 1. The number of halogens is 1. The average Bonchev–Trinajstić information content (AvgIpc) is 3.30. The lowest BCUT2D eigenvalue weighted by Crippen LogP contribution is -2.34. The van der Waals surface area contributed by atoms with Gasteiger partial charge in [0.05, 0.1) is 12.3 Å². The van der Waals surface area contributed by atoms with Crippen molar-refractivity contribution in [2.45, 2.75) is 31.7 Å². The van der Waals surface area contributed by atoms with Gasteiger partial charge in [0.25, 0.3) is 5.91 Å². The van der Waals surface area contributed by atoms with Gasteiger partial charge in [0, 0.05) is 18.2 Å². The molecule has 5 nitrogen and oxygen atoms in total. The number of carbonyl (C=O) groups is 1. The summed E-state index contributed by atoms with van der Waals surface area (Å²) < 4.78 is 23.9. The summed E-state index contributed by atoms with van der Waals surface area (Å²) in [5.74, 6) is 0.467. The fourth-order valence-electron chi connectivity index (χ4n) is 3.40. The standard InChI is InChI=1S/C20H19FN2O3/c21-15-9-7-14(8-10-15)19-13-16(22-26-19)17-5-2-1-3-11-23(17)20(24)18-6-4-12-25-18/h4,6-10,12-13,17H,1-3,5,11H2. The van der Waals surface area contributed by atoms with Gasteiger partial charge in [0.2, 0.25) is 0 Å². The summed E-state index contributed by atoms with van der Waals surface area (Å²) in [6.45, 7) is 0.656. The number of nitrogens with zero attached hydrogens (tertiary/aromatic N) is 2. The summed E-state index contributed by atoms with van der Waals surface area (Å²) in [4.78, 5) is 14.7. The molecule has 0 radical (unpaired) electrons. The first-order valence-corrected chi connectivity index (χ1v) is 8.79. The molecule has 3 heterocycles. The first-order valence-electron chi connectivity index (χ1n) is 8.79. The van der Waals surface area contributed by atoms with Crippen LogP contribution in [0.3, 0.4) is 0 Å². The number of carbonyl (C=O) groups excluding carboxylic acids is 1. The molecule has 0 bridgehead atoms. The number of likely N-dealkylation sites (tertiary alicyclic amines) is 1. The van der Waals surface area contributed by atoms with Gasteiger partial charge in [-0.3, -0.25) is 4.79 Å². The predicted molar refractivity (Wildman–Crippen MR) is 92.9 cm³/mol. The molecule has 1 aliphatic rings.